The van der Waals surface area contributed by atoms with Crippen LogP contribution in [0.4, 0.5) is 5.69 Å². The quantitative estimate of drug-likeness (QED) is 0.210. The number of hydrogen-bond donors (Lipinski definition) is 1. The number of nitrogens with zero attached hydrogens (tertiary/aromatic N) is 3. The maximum Gasteiger partial charge on any atom is 0.264 e. The van der Waals surface area contributed by atoms with Gasteiger partial charge in [-0.2, -0.15) is 5.10 Å². The Balaban J connectivity index is 1.59. The van der Waals surface area contributed by atoms with Crippen LogP contribution in [-0.2, 0) is 14.8 Å². The van der Waals surface area contributed by atoms with E-state index >= 15 is 0 Å². The van der Waals surface area contributed by atoms with E-state index in [1.54, 1.807) is 49.5 Å². The van der Waals surface area contributed by atoms with Gasteiger partial charge >= 0.3 is 0 Å². The van der Waals surface area contributed by atoms with Gasteiger partial charge in [-0.05, 0) is 87.7 Å². The van der Waals surface area contributed by atoms with Crippen molar-refractivity contribution in [2.24, 2.45) is 5.10 Å². The summed E-state index contributed by atoms with van der Waals surface area (Å²) in [5.41, 5.74) is 9.78. The predicted molar refractivity (Wildman–Crippen MR) is 158 cm³/mol. The van der Waals surface area contributed by atoms with Crippen LogP contribution in [-0.4, -0.2) is 31.7 Å². The van der Waals surface area contributed by atoms with Crippen molar-refractivity contribution in [3.63, 3.8) is 0 Å². The van der Waals surface area contributed by atoms with E-state index in [0.717, 1.165) is 38.1 Å². The van der Waals surface area contributed by atoms with Crippen molar-refractivity contribution < 1.29 is 13.2 Å². The Morgan fingerprint density at radius 3 is 2.23 bits per heavy atom. The first-order chi connectivity index (χ1) is 18.5. The molecule has 4 aromatic rings. The lowest BCUT2D eigenvalue weighted by molar-refractivity contribution is -0.119. The van der Waals surface area contributed by atoms with Gasteiger partial charge in [0.15, 0.2) is 0 Å². The molecule has 1 heterocycles. The number of nitrogens with one attached hydrogen (secondary N) is 1. The number of hydrogen-bond acceptors (Lipinski definition) is 4. The average molecular weight is 563 g/mol. The molecule has 202 valence electrons. The lowest BCUT2D eigenvalue weighted by atomic mass is 10.1. The summed E-state index contributed by atoms with van der Waals surface area (Å²) >= 11 is 6.10. The minimum absolute atomic E-state index is 0.0783. The summed E-state index contributed by atoms with van der Waals surface area (Å²) in [7, 11) is -4.04. The molecule has 0 atom stereocenters. The van der Waals surface area contributed by atoms with Gasteiger partial charge in [0.25, 0.3) is 15.9 Å². The lowest BCUT2D eigenvalue weighted by Gasteiger charge is -2.25. The fourth-order valence-corrected chi connectivity index (χ4v) is 6.41. The first-order valence-corrected chi connectivity index (χ1v) is 14.2. The van der Waals surface area contributed by atoms with Crippen LogP contribution < -0.4 is 9.73 Å². The van der Waals surface area contributed by atoms with Gasteiger partial charge in [0.1, 0.15) is 6.54 Å². The second-order valence-corrected chi connectivity index (χ2v) is 11.7. The second kappa shape index (κ2) is 11.5. The maximum absolute atomic E-state index is 13.5. The molecule has 0 aliphatic heterocycles. The number of carbonyl (C=O) groups is 1. The van der Waals surface area contributed by atoms with Gasteiger partial charge in [-0.15, -0.1) is 0 Å². The van der Waals surface area contributed by atoms with Gasteiger partial charge in [-0.1, -0.05) is 48.0 Å². The summed E-state index contributed by atoms with van der Waals surface area (Å²) in [6.07, 6.45) is 1.58. The lowest BCUT2D eigenvalue weighted by Crippen LogP contribution is -2.40. The normalized spacial score (nSPS) is 11.6. The van der Waals surface area contributed by atoms with Gasteiger partial charge in [0, 0.05) is 22.0 Å². The van der Waals surface area contributed by atoms with Gasteiger partial charge in [-0.25, -0.2) is 13.8 Å². The SMILES string of the molecule is Cc1cc(Cl)ccc1N(CC(=O)N/N=C\c1cc(C)n(-c2c(C)cccc2C)c1C)S(=O)(=O)c1ccccc1. The van der Waals surface area contributed by atoms with Gasteiger partial charge < -0.3 is 4.57 Å². The molecular formula is C30H31ClN4O3S. The van der Waals surface area contributed by atoms with Gasteiger partial charge in [0.05, 0.1) is 22.5 Å². The molecule has 0 saturated heterocycles. The van der Waals surface area contributed by atoms with Crippen LogP contribution in [0.1, 0.15) is 33.6 Å². The fourth-order valence-electron chi connectivity index (χ4n) is 4.68. The van der Waals surface area contributed by atoms with E-state index in [1.807, 2.05) is 26.0 Å². The molecule has 0 radical (unpaired) electrons. The molecule has 9 heteroatoms. The van der Waals surface area contributed by atoms with E-state index in [2.05, 4.69) is 41.1 Å². The predicted octanol–water partition coefficient (Wildman–Crippen LogP) is 6.02. The molecule has 1 aromatic heterocycles. The number of aromatic nitrogens is 1. The smallest absolute Gasteiger partial charge is 0.264 e. The van der Waals surface area contributed by atoms with E-state index in [0.29, 0.717) is 16.3 Å². The number of aryl methyl sites for hydroxylation is 4. The van der Waals surface area contributed by atoms with Gasteiger partial charge in [0.2, 0.25) is 0 Å². The van der Waals surface area contributed by atoms with E-state index in [1.165, 1.54) is 12.1 Å². The second-order valence-electron chi connectivity index (χ2n) is 9.45. The van der Waals surface area contributed by atoms with Crippen LogP contribution in [0.2, 0.25) is 5.02 Å². The van der Waals surface area contributed by atoms with Crippen LogP contribution in [0, 0.1) is 34.6 Å². The summed E-state index contributed by atoms with van der Waals surface area (Å²) in [5.74, 6) is -0.580. The fraction of sp³-hybridized carbons (Fsp3) is 0.200. The minimum atomic E-state index is -4.04. The third kappa shape index (κ3) is 5.92. The Morgan fingerprint density at radius 2 is 1.59 bits per heavy atom. The zero-order valence-corrected chi connectivity index (χ0v) is 24.1. The molecular weight excluding hydrogens is 532 g/mol. The molecule has 3 aromatic carbocycles. The van der Waals surface area contributed by atoms with Crippen molar-refractivity contribution in [2.75, 3.05) is 10.8 Å². The number of para-hydroxylation sites is 1. The molecule has 0 saturated carbocycles. The average Bonchev–Trinajstić information content (AvgIpc) is 3.16. The third-order valence-corrected chi connectivity index (χ3v) is 8.58. The number of benzene rings is 3. The van der Waals surface area contributed by atoms with E-state index in [-0.39, 0.29) is 4.90 Å². The molecule has 1 amide bonds. The highest BCUT2D eigenvalue weighted by Gasteiger charge is 2.28. The van der Waals surface area contributed by atoms with Crippen molar-refractivity contribution in [3.8, 4) is 5.69 Å². The van der Waals surface area contributed by atoms with Crippen LogP contribution in [0.15, 0.2) is 82.8 Å². The Hall–Kier alpha value is -3.88. The molecule has 4 rings (SSSR count). The first-order valence-electron chi connectivity index (χ1n) is 12.4. The molecule has 0 unspecified atom stereocenters. The Labute approximate surface area is 234 Å². The van der Waals surface area contributed by atoms with Crippen molar-refractivity contribution >= 4 is 39.4 Å². The number of anilines is 1. The maximum atomic E-state index is 13.5. The van der Waals surface area contributed by atoms with E-state index in [9.17, 15) is 13.2 Å². The molecule has 0 spiro atoms. The zero-order chi connectivity index (χ0) is 28.3. The van der Waals surface area contributed by atoms with Crippen LogP contribution >= 0.6 is 11.6 Å². The van der Waals surface area contributed by atoms with Crippen LogP contribution in [0.5, 0.6) is 0 Å². The molecule has 7 nitrogen and oxygen atoms in total. The highest BCUT2D eigenvalue weighted by atomic mass is 35.5. The number of amides is 1. The summed E-state index contributed by atoms with van der Waals surface area (Å²) < 4.78 is 30.3. The Morgan fingerprint density at radius 1 is 0.923 bits per heavy atom. The van der Waals surface area contributed by atoms with Crippen molar-refractivity contribution in [2.45, 2.75) is 39.5 Å². The van der Waals surface area contributed by atoms with Crippen molar-refractivity contribution in [3.05, 3.63) is 111 Å². The molecule has 0 aliphatic rings. The molecule has 0 aliphatic carbocycles. The summed E-state index contributed by atoms with van der Waals surface area (Å²) in [4.78, 5) is 13.1. The van der Waals surface area contributed by atoms with E-state index in [4.69, 9.17) is 11.6 Å². The standard InChI is InChI=1S/C30H31ClN4O3S/c1-20-10-9-11-21(2)30(20)35-23(4)17-25(24(35)5)18-32-33-29(36)19-34(28-15-14-26(31)16-22(28)3)39(37,38)27-12-7-6-8-13-27/h6-18H,19H2,1-5H3,(H,33,36)/b32-18-. The van der Waals surface area contributed by atoms with Crippen molar-refractivity contribution in [1.29, 1.82) is 0 Å². The molecule has 39 heavy (non-hydrogen) atoms. The number of hydrazone groups is 1. The zero-order valence-electron chi connectivity index (χ0n) is 22.6. The topological polar surface area (TPSA) is 83.8 Å². The highest BCUT2D eigenvalue weighted by molar-refractivity contribution is 7.92. The number of halogens is 1. The largest absolute Gasteiger partial charge is 0.317 e. The van der Waals surface area contributed by atoms with Crippen molar-refractivity contribution in [1.82, 2.24) is 9.99 Å². The number of sulfonamides is 1. The number of rotatable bonds is 8. The van der Waals surface area contributed by atoms with Gasteiger partial charge in [-0.3, -0.25) is 9.10 Å². The van der Waals surface area contributed by atoms with Crippen LogP contribution in [0.3, 0.4) is 0 Å². The third-order valence-electron chi connectivity index (χ3n) is 6.57. The van der Waals surface area contributed by atoms with E-state index < -0.39 is 22.5 Å². The molecule has 1 N–H and O–H groups in total. The Bertz CT molecular complexity index is 1640. The minimum Gasteiger partial charge on any atom is -0.317 e. The Kier molecular flexibility index (Phi) is 8.28. The van der Waals surface area contributed by atoms with Crippen LogP contribution in [0.25, 0.3) is 5.69 Å². The molecule has 0 fully saturated rings. The highest BCUT2D eigenvalue weighted by Crippen LogP contribution is 2.29. The number of carbonyl (C=O) groups excluding carboxylic acids is 1. The first kappa shape index (κ1) is 28.1. The molecule has 0 bridgehead atoms. The summed E-state index contributed by atoms with van der Waals surface area (Å²) in [6.45, 7) is 9.46. The monoisotopic (exact) mass is 562 g/mol. The summed E-state index contributed by atoms with van der Waals surface area (Å²) in [6, 6.07) is 21.0. The summed E-state index contributed by atoms with van der Waals surface area (Å²) in [5, 5.41) is 4.63.